The molecule has 3 heterocycles. The summed E-state index contributed by atoms with van der Waals surface area (Å²) in [5, 5.41) is 0. The summed E-state index contributed by atoms with van der Waals surface area (Å²) in [7, 11) is 1.66. The second-order valence-electron chi connectivity index (χ2n) is 8.45. The molecule has 0 radical (unpaired) electrons. The minimum absolute atomic E-state index is 0.0695. The van der Waals surface area contributed by atoms with Crippen LogP contribution in [-0.2, 0) is 4.79 Å². The van der Waals surface area contributed by atoms with Crippen LogP contribution in [0, 0.1) is 0 Å². The van der Waals surface area contributed by atoms with Crippen LogP contribution in [0.5, 0.6) is 5.75 Å². The number of hydrogen-bond acceptors (Lipinski definition) is 5. The van der Waals surface area contributed by atoms with Gasteiger partial charge in [-0.25, -0.2) is 0 Å². The molecule has 2 aromatic carbocycles. The number of benzene rings is 2. The van der Waals surface area contributed by atoms with Crippen LogP contribution in [0.3, 0.4) is 0 Å². The van der Waals surface area contributed by atoms with Crippen LogP contribution in [0.25, 0.3) is 11.1 Å². The van der Waals surface area contributed by atoms with Crippen molar-refractivity contribution in [2.24, 2.45) is 0 Å². The zero-order chi connectivity index (χ0) is 22.8. The van der Waals surface area contributed by atoms with Crippen LogP contribution < -0.4 is 9.64 Å². The molecule has 0 unspecified atom stereocenters. The average molecular weight is 446 g/mol. The van der Waals surface area contributed by atoms with Gasteiger partial charge in [-0.2, -0.15) is 0 Å². The molecule has 0 spiro atoms. The molecular weight excluding hydrogens is 418 g/mol. The van der Waals surface area contributed by atoms with Gasteiger partial charge in [-0.1, -0.05) is 24.3 Å². The van der Waals surface area contributed by atoms with Crippen molar-refractivity contribution in [3.05, 3.63) is 72.7 Å². The Labute approximate surface area is 193 Å². The Hall–Kier alpha value is -3.58. The summed E-state index contributed by atoms with van der Waals surface area (Å²) < 4.78 is 10.6. The minimum Gasteiger partial charge on any atom is -0.497 e. The smallest absolute Gasteiger partial charge is 0.289 e. The number of rotatable bonds is 5. The van der Waals surface area contributed by atoms with Gasteiger partial charge in [0, 0.05) is 50.9 Å². The van der Waals surface area contributed by atoms with Crippen LogP contribution >= 0.6 is 0 Å². The highest BCUT2D eigenvalue weighted by atomic mass is 16.5. The van der Waals surface area contributed by atoms with Crippen molar-refractivity contribution in [3.63, 3.8) is 0 Å². The third-order valence-corrected chi connectivity index (χ3v) is 6.54. The Morgan fingerprint density at radius 3 is 2.45 bits per heavy atom. The number of carbonyl (C=O) groups excluding carboxylic acids is 2. The van der Waals surface area contributed by atoms with Gasteiger partial charge >= 0.3 is 0 Å². The van der Waals surface area contributed by atoms with E-state index in [4.69, 9.17) is 9.15 Å². The topological polar surface area (TPSA) is 66.2 Å². The minimum atomic E-state index is -0.0695. The Kier molecular flexibility index (Phi) is 5.88. The van der Waals surface area contributed by atoms with Gasteiger partial charge in [-0.15, -0.1) is 0 Å². The summed E-state index contributed by atoms with van der Waals surface area (Å²) in [5.74, 6) is 1.27. The first kappa shape index (κ1) is 21.3. The number of carbonyl (C=O) groups is 2. The molecule has 5 rings (SSSR count). The lowest BCUT2D eigenvalue weighted by Gasteiger charge is -2.37. The SMILES string of the molecule is COc1cccc(-c2ccc(N3C[C@H](N4CCN(C(=O)c5ccco5)CC4)CC3=O)cc2)c1. The number of methoxy groups -OCH3 is 1. The second-order valence-corrected chi connectivity index (χ2v) is 8.45. The van der Waals surface area contributed by atoms with Gasteiger partial charge in [0.05, 0.1) is 13.4 Å². The van der Waals surface area contributed by atoms with E-state index < -0.39 is 0 Å². The third kappa shape index (κ3) is 4.36. The van der Waals surface area contributed by atoms with Gasteiger partial charge in [0.2, 0.25) is 5.91 Å². The van der Waals surface area contributed by atoms with Crippen molar-refractivity contribution in [1.29, 1.82) is 0 Å². The molecule has 7 heteroatoms. The summed E-state index contributed by atoms with van der Waals surface area (Å²) in [6.07, 6.45) is 2.02. The summed E-state index contributed by atoms with van der Waals surface area (Å²) in [6, 6.07) is 19.6. The molecule has 2 aliphatic rings. The van der Waals surface area contributed by atoms with E-state index in [1.807, 2.05) is 58.3 Å². The van der Waals surface area contributed by atoms with Crippen molar-refractivity contribution < 1.29 is 18.7 Å². The number of amides is 2. The molecule has 2 saturated heterocycles. The molecule has 0 aliphatic carbocycles. The van der Waals surface area contributed by atoms with E-state index in [9.17, 15) is 9.59 Å². The van der Waals surface area contributed by atoms with Crippen LogP contribution in [0.4, 0.5) is 5.69 Å². The van der Waals surface area contributed by atoms with Crippen LogP contribution in [0.1, 0.15) is 17.0 Å². The number of hydrogen-bond donors (Lipinski definition) is 0. The fourth-order valence-electron chi connectivity index (χ4n) is 4.67. The average Bonchev–Trinajstić information content (AvgIpc) is 3.54. The fourth-order valence-corrected chi connectivity index (χ4v) is 4.67. The van der Waals surface area contributed by atoms with E-state index in [2.05, 4.69) is 4.90 Å². The van der Waals surface area contributed by atoms with Crippen LogP contribution in [0.2, 0.25) is 0 Å². The lowest BCUT2D eigenvalue weighted by atomic mass is 10.0. The monoisotopic (exact) mass is 445 g/mol. The molecular formula is C26H27N3O4. The standard InChI is InChI=1S/C26H27N3O4/c1-32-23-5-2-4-20(16-23)19-7-9-21(10-8-19)29-18-22(17-25(29)30)27-11-13-28(14-12-27)26(31)24-6-3-15-33-24/h2-10,15-16,22H,11-14,17-18H2,1H3/t22-/m1/s1. The fraction of sp³-hybridized carbons (Fsp3) is 0.308. The lowest BCUT2D eigenvalue weighted by molar-refractivity contribution is -0.117. The Morgan fingerprint density at radius 1 is 0.970 bits per heavy atom. The molecule has 0 saturated carbocycles. The van der Waals surface area contributed by atoms with E-state index >= 15 is 0 Å². The molecule has 2 aliphatic heterocycles. The summed E-state index contributed by atoms with van der Waals surface area (Å²) in [5.41, 5.74) is 3.08. The van der Waals surface area contributed by atoms with Crippen molar-refractivity contribution in [2.45, 2.75) is 12.5 Å². The second kappa shape index (κ2) is 9.11. The number of piperazine rings is 1. The van der Waals surface area contributed by atoms with E-state index in [1.54, 1.807) is 19.2 Å². The van der Waals surface area contributed by atoms with Crippen molar-refractivity contribution >= 4 is 17.5 Å². The van der Waals surface area contributed by atoms with Crippen LogP contribution in [-0.4, -0.2) is 67.5 Å². The Bertz CT molecular complexity index is 1120. The highest BCUT2D eigenvalue weighted by Gasteiger charge is 2.36. The highest BCUT2D eigenvalue weighted by molar-refractivity contribution is 5.96. The third-order valence-electron chi connectivity index (χ3n) is 6.54. The summed E-state index contributed by atoms with van der Waals surface area (Å²) in [6.45, 7) is 3.46. The van der Waals surface area contributed by atoms with Gasteiger partial charge in [0.25, 0.3) is 5.91 Å². The predicted molar refractivity (Wildman–Crippen MR) is 125 cm³/mol. The van der Waals surface area contributed by atoms with Gasteiger partial charge in [-0.3, -0.25) is 14.5 Å². The van der Waals surface area contributed by atoms with Crippen molar-refractivity contribution in [2.75, 3.05) is 44.7 Å². The molecule has 170 valence electrons. The van der Waals surface area contributed by atoms with E-state index in [-0.39, 0.29) is 17.9 Å². The Morgan fingerprint density at radius 2 is 1.76 bits per heavy atom. The molecule has 2 fully saturated rings. The van der Waals surface area contributed by atoms with Crippen molar-refractivity contribution in [1.82, 2.24) is 9.80 Å². The maximum atomic E-state index is 12.8. The molecule has 0 N–H and O–H groups in total. The zero-order valence-corrected chi connectivity index (χ0v) is 18.6. The van der Waals surface area contributed by atoms with Gasteiger partial charge in [-0.05, 0) is 47.5 Å². The molecule has 7 nitrogen and oxygen atoms in total. The number of ether oxygens (including phenoxy) is 1. The van der Waals surface area contributed by atoms with Gasteiger partial charge < -0.3 is 19.0 Å². The molecule has 33 heavy (non-hydrogen) atoms. The largest absolute Gasteiger partial charge is 0.497 e. The van der Waals surface area contributed by atoms with E-state index in [0.29, 0.717) is 31.8 Å². The first-order valence-corrected chi connectivity index (χ1v) is 11.2. The number of furan rings is 1. The Balaban J connectivity index is 1.21. The lowest BCUT2D eigenvalue weighted by Crippen LogP contribution is -2.52. The first-order chi connectivity index (χ1) is 16.1. The maximum absolute atomic E-state index is 12.8. The van der Waals surface area contributed by atoms with Crippen molar-refractivity contribution in [3.8, 4) is 16.9 Å². The summed E-state index contributed by atoms with van der Waals surface area (Å²) in [4.78, 5) is 31.3. The number of anilines is 1. The normalized spacial score (nSPS) is 19.2. The molecule has 1 atom stereocenters. The predicted octanol–water partition coefficient (Wildman–Crippen LogP) is 3.52. The van der Waals surface area contributed by atoms with E-state index in [0.717, 1.165) is 35.7 Å². The first-order valence-electron chi connectivity index (χ1n) is 11.2. The molecule has 2 amide bonds. The molecule has 1 aromatic heterocycles. The van der Waals surface area contributed by atoms with Gasteiger partial charge in [0.15, 0.2) is 5.76 Å². The maximum Gasteiger partial charge on any atom is 0.289 e. The van der Waals surface area contributed by atoms with Gasteiger partial charge in [0.1, 0.15) is 5.75 Å². The molecule has 0 bridgehead atoms. The van der Waals surface area contributed by atoms with E-state index in [1.165, 1.54) is 6.26 Å². The summed E-state index contributed by atoms with van der Waals surface area (Å²) >= 11 is 0. The zero-order valence-electron chi connectivity index (χ0n) is 18.6. The molecule has 3 aromatic rings. The number of nitrogens with zero attached hydrogens (tertiary/aromatic N) is 3. The van der Waals surface area contributed by atoms with Crippen LogP contribution in [0.15, 0.2) is 71.3 Å². The quantitative estimate of drug-likeness (QED) is 0.601. The highest BCUT2D eigenvalue weighted by Crippen LogP contribution is 2.29.